The van der Waals surface area contributed by atoms with Gasteiger partial charge in [-0.05, 0) is 32.0 Å². The van der Waals surface area contributed by atoms with E-state index in [0.29, 0.717) is 10.2 Å². The summed E-state index contributed by atoms with van der Waals surface area (Å²) in [6, 6.07) is 4.69. The van der Waals surface area contributed by atoms with Gasteiger partial charge in [0.1, 0.15) is 6.54 Å². The molecule has 0 saturated heterocycles. The number of nitrogens with zero attached hydrogens (tertiary/aromatic N) is 1. The molecule has 0 aliphatic rings. The van der Waals surface area contributed by atoms with Crippen LogP contribution in [-0.2, 0) is 0 Å². The highest BCUT2D eigenvalue weighted by atomic mass is 79.9. The summed E-state index contributed by atoms with van der Waals surface area (Å²) in [5, 5.41) is 0. The minimum Gasteiger partial charge on any atom is -0.362 e. The first kappa shape index (κ1) is 15.0. The predicted molar refractivity (Wildman–Crippen MR) is 68.1 cm³/mol. The van der Waals surface area contributed by atoms with Gasteiger partial charge >= 0.3 is 6.18 Å². The third-order valence-corrected chi connectivity index (χ3v) is 2.92. The van der Waals surface area contributed by atoms with Crippen LogP contribution in [0.4, 0.5) is 18.9 Å². The Bertz CT molecular complexity index is 445. The molecule has 0 aliphatic heterocycles. The Kier molecular flexibility index (Phi) is 4.78. The molecule has 0 aliphatic carbocycles. The van der Waals surface area contributed by atoms with Crippen LogP contribution in [0.3, 0.4) is 0 Å². The lowest BCUT2D eigenvalue weighted by molar-refractivity contribution is -0.119. The average molecular weight is 324 g/mol. The Morgan fingerprint density at radius 3 is 2.44 bits per heavy atom. The predicted octanol–water partition coefficient (Wildman–Crippen LogP) is 4.04. The number of carbonyl (C=O) groups excluding carboxylic acids is 1. The van der Waals surface area contributed by atoms with E-state index in [1.165, 1.54) is 19.1 Å². The molecule has 1 rings (SSSR count). The Morgan fingerprint density at radius 1 is 1.39 bits per heavy atom. The fourth-order valence-corrected chi connectivity index (χ4v) is 2.01. The molecule has 100 valence electrons. The lowest BCUT2D eigenvalue weighted by Gasteiger charge is -2.26. The molecular weight excluding hydrogens is 311 g/mol. The van der Waals surface area contributed by atoms with Crippen LogP contribution in [0.5, 0.6) is 0 Å². The zero-order valence-corrected chi connectivity index (χ0v) is 11.6. The van der Waals surface area contributed by atoms with Gasteiger partial charge in [0.15, 0.2) is 5.78 Å². The van der Waals surface area contributed by atoms with E-state index in [-0.39, 0.29) is 17.9 Å². The average Bonchev–Trinajstić information content (AvgIpc) is 2.24. The van der Waals surface area contributed by atoms with Gasteiger partial charge in [-0.15, -0.1) is 0 Å². The number of benzene rings is 1. The number of halogens is 4. The maximum absolute atomic E-state index is 12.5. The van der Waals surface area contributed by atoms with E-state index in [1.807, 2.05) is 0 Å². The first-order valence-electron chi connectivity index (χ1n) is 5.36. The minimum atomic E-state index is -4.29. The van der Waals surface area contributed by atoms with E-state index in [9.17, 15) is 18.0 Å². The van der Waals surface area contributed by atoms with Gasteiger partial charge in [-0.2, -0.15) is 13.2 Å². The van der Waals surface area contributed by atoms with Gasteiger partial charge in [-0.1, -0.05) is 15.9 Å². The molecule has 0 N–H and O–H groups in total. The highest BCUT2D eigenvalue weighted by Crippen LogP contribution is 2.28. The quantitative estimate of drug-likeness (QED) is 0.779. The number of hydrogen-bond donors (Lipinski definition) is 0. The van der Waals surface area contributed by atoms with Crippen molar-refractivity contribution in [3.63, 3.8) is 0 Å². The third-order valence-electron chi connectivity index (χ3n) is 2.43. The van der Waals surface area contributed by atoms with Crippen molar-refractivity contribution in [2.75, 3.05) is 18.0 Å². The van der Waals surface area contributed by atoms with Gasteiger partial charge in [-0.3, -0.25) is 4.79 Å². The van der Waals surface area contributed by atoms with Crippen molar-refractivity contribution in [1.29, 1.82) is 0 Å². The van der Waals surface area contributed by atoms with Crippen molar-refractivity contribution in [3.05, 3.63) is 28.2 Å². The van der Waals surface area contributed by atoms with Crippen molar-refractivity contribution in [2.24, 2.45) is 0 Å². The molecule has 1 aromatic carbocycles. The molecule has 0 heterocycles. The Labute approximate surface area is 112 Å². The topological polar surface area (TPSA) is 20.3 Å². The standard InChI is InChI=1S/C12H13BrF3NO/c1-3-17(7-12(14,15)16)11-5-4-9(13)6-10(11)8(2)18/h4-6H,3,7H2,1-2H3. The molecule has 0 spiro atoms. The number of alkyl halides is 3. The highest BCUT2D eigenvalue weighted by Gasteiger charge is 2.31. The number of hydrogen-bond acceptors (Lipinski definition) is 2. The van der Waals surface area contributed by atoms with Gasteiger partial charge in [0, 0.05) is 22.3 Å². The van der Waals surface area contributed by atoms with Crippen molar-refractivity contribution >= 4 is 27.4 Å². The Hall–Kier alpha value is -1.04. The number of anilines is 1. The second kappa shape index (κ2) is 5.73. The molecule has 0 aromatic heterocycles. The summed E-state index contributed by atoms with van der Waals surface area (Å²) in [5.41, 5.74) is 0.598. The molecule has 0 atom stereocenters. The first-order chi connectivity index (χ1) is 8.24. The zero-order chi connectivity index (χ0) is 13.9. The van der Waals surface area contributed by atoms with Crippen molar-refractivity contribution in [1.82, 2.24) is 0 Å². The number of carbonyl (C=O) groups is 1. The van der Waals surface area contributed by atoms with E-state index in [2.05, 4.69) is 15.9 Å². The highest BCUT2D eigenvalue weighted by molar-refractivity contribution is 9.10. The van der Waals surface area contributed by atoms with E-state index in [1.54, 1.807) is 13.0 Å². The summed E-state index contributed by atoms with van der Waals surface area (Å²) in [4.78, 5) is 12.6. The van der Waals surface area contributed by atoms with Crippen LogP contribution in [0.1, 0.15) is 24.2 Å². The molecule has 0 amide bonds. The van der Waals surface area contributed by atoms with E-state index >= 15 is 0 Å². The molecule has 0 radical (unpaired) electrons. The monoisotopic (exact) mass is 323 g/mol. The molecule has 0 bridgehead atoms. The second-order valence-electron chi connectivity index (χ2n) is 3.85. The van der Waals surface area contributed by atoms with Gasteiger partial charge in [-0.25, -0.2) is 0 Å². The largest absolute Gasteiger partial charge is 0.405 e. The van der Waals surface area contributed by atoms with E-state index in [4.69, 9.17) is 0 Å². The van der Waals surface area contributed by atoms with E-state index < -0.39 is 12.7 Å². The molecular formula is C12H13BrF3NO. The SMILES string of the molecule is CCN(CC(F)(F)F)c1ccc(Br)cc1C(C)=O. The normalized spacial score (nSPS) is 11.4. The van der Waals surface area contributed by atoms with Crippen molar-refractivity contribution in [3.8, 4) is 0 Å². The van der Waals surface area contributed by atoms with Crippen LogP contribution in [-0.4, -0.2) is 25.0 Å². The van der Waals surface area contributed by atoms with Crippen molar-refractivity contribution in [2.45, 2.75) is 20.0 Å². The smallest absolute Gasteiger partial charge is 0.362 e. The zero-order valence-electron chi connectivity index (χ0n) is 10.0. The van der Waals surface area contributed by atoms with Crippen LogP contribution < -0.4 is 4.90 Å². The van der Waals surface area contributed by atoms with Crippen LogP contribution in [0.25, 0.3) is 0 Å². The molecule has 0 unspecified atom stereocenters. The molecule has 18 heavy (non-hydrogen) atoms. The number of ketones is 1. The molecule has 0 fully saturated rings. The summed E-state index contributed by atoms with van der Waals surface area (Å²) in [5.74, 6) is -0.257. The molecule has 0 saturated carbocycles. The second-order valence-corrected chi connectivity index (χ2v) is 4.76. The summed E-state index contributed by atoms with van der Waals surface area (Å²) >= 11 is 3.20. The number of rotatable bonds is 4. The molecule has 2 nitrogen and oxygen atoms in total. The lowest BCUT2D eigenvalue weighted by Crippen LogP contribution is -2.34. The summed E-state index contributed by atoms with van der Waals surface area (Å²) in [6.07, 6.45) is -4.29. The van der Waals surface area contributed by atoms with Gasteiger partial charge in [0.25, 0.3) is 0 Å². The van der Waals surface area contributed by atoms with Crippen LogP contribution in [0.15, 0.2) is 22.7 Å². The maximum atomic E-state index is 12.5. The van der Waals surface area contributed by atoms with Gasteiger partial charge in [0.05, 0.1) is 0 Å². The van der Waals surface area contributed by atoms with Crippen molar-refractivity contribution < 1.29 is 18.0 Å². The fourth-order valence-electron chi connectivity index (χ4n) is 1.65. The summed E-state index contributed by atoms with van der Waals surface area (Å²) in [7, 11) is 0. The minimum absolute atomic E-state index is 0.182. The number of Topliss-reactive ketones (excluding diaryl/α,β-unsaturated/α-hetero) is 1. The van der Waals surface area contributed by atoms with Crippen LogP contribution in [0.2, 0.25) is 0 Å². The van der Waals surface area contributed by atoms with E-state index in [0.717, 1.165) is 4.90 Å². The maximum Gasteiger partial charge on any atom is 0.405 e. The third kappa shape index (κ3) is 4.01. The summed E-state index contributed by atoms with van der Waals surface area (Å²) < 4.78 is 38.0. The van der Waals surface area contributed by atoms with Gasteiger partial charge in [0.2, 0.25) is 0 Å². The molecule has 1 aromatic rings. The molecule has 6 heteroatoms. The van der Waals surface area contributed by atoms with Crippen LogP contribution in [0, 0.1) is 0 Å². The van der Waals surface area contributed by atoms with Gasteiger partial charge < -0.3 is 4.90 Å². The Balaban J connectivity index is 3.17. The van der Waals surface area contributed by atoms with Crippen LogP contribution >= 0.6 is 15.9 Å². The fraction of sp³-hybridized carbons (Fsp3) is 0.417. The lowest BCUT2D eigenvalue weighted by atomic mass is 10.1. The first-order valence-corrected chi connectivity index (χ1v) is 6.16. The Morgan fingerprint density at radius 2 is 2.00 bits per heavy atom. The summed E-state index contributed by atoms with van der Waals surface area (Å²) in [6.45, 7) is 2.08.